The van der Waals surface area contributed by atoms with E-state index in [0.29, 0.717) is 0 Å². The summed E-state index contributed by atoms with van der Waals surface area (Å²) in [6, 6.07) is 8.24. The van der Waals surface area contributed by atoms with Crippen LogP contribution < -0.4 is 10.2 Å². The van der Waals surface area contributed by atoms with Crippen molar-refractivity contribution in [1.82, 2.24) is 0 Å². The summed E-state index contributed by atoms with van der Waals surface area (Å²) in [4.78, 5) is 2.07. The number of benzene rings is 1. The monoisotopic (exact) mass is 208 g/mol. The fourth-order valence-electron chi connectivity index (χ4n) is 1.25. The lowest BCUT2D eigenvalue weighted by Crippen LogP contribution is -2.15. The Hall–Kier alpha value is -1.22. The van der Waals surface area contributed by atoms with Crippen molar-refractivity contribution in [2.75, 3.05) is 37.5 Å². The zero-order chi connectivity index (χ0) is 11.3. The van der Waals surface area contributed by atoms with Crippen LogP contribution in [0.25, 0.3) is 0 Å². The Kier molecular flexibility index (Phi) is 4.43. The van der Waals surface area contributed by atoms with Gasteiger partial charge in [-0.1, -0.05) is 13.0 Å². The zero-order valence-corrected chi connectivity index (χ0v) is 9.70. The Labute approximate surface area is 91.7 Å². The van der Waals surface area contributed by atoms with Crippen LogP contribution in [0.4, 0.5) is 11.4 Å². The van der Waals surface area contributed by atoms with E-state index >= 15 is 0 Å². The first-order valence-electron chi connectivity index (χ1n) is 5.25. The molecule has 1 aromatic rings. The van der Waals surface area contributed by atoms with Crippen LogP contribution in [0.2, 0.25) is 0 Å². The van der Waals surface area contributed by atoms with Crippen molar-refractivity contribution in [3.8, 4) is 0 Å². The van der Waals surface area contributed by atoms with Crippen molar-refractivity contribution in [2.45, 2.75) is 6.92 Å². The Morgan fingerprint density at radius 2 is 2.13 bits per heavy atom. The molecule has 0 heterocycles. The van der Waals surface area contributed by atoms with Crippen molar-refractivity contribution in [3.05, 3.63) is 24.3 Å². The maximum Gasteiger partial charge on any atom is 0.0473 e. The summed E-state index contributed by atoms with van der Waals surface area (Å²) in [5.74, 6) is 0.285. The van der Waals surface area contributed by atoms with Crippen LogP contribution >= 0.6 is 0 Å². The summed E-state index contributed by atoms with van der Waals surface area (Å²) in [7, 11) is 4.05. The average Bonchev–Trinajstić information content (AvgIpc) is 2.26. The van der Waals surface area contributed by atoms with Crippen molar-refractivity contribution < 1.29 is 5.11 Å². The van der Waals surface area contributed by atoms with Gasteiger partial charge in [0.05, 0.1) is 0 Å². The molecule has 3 nitrogen and oxygen atoms in total. The molecule has 1 unspecified atom stereocenters. The number of anilines is 2. The molecule has 0 aliphatic rings. The van der Waals surface area contributed by atoms with E-state index in [-0.39, 0.29) is 12.5 Å². The molecule has 0 aliphatic heterocycles. The third-order valence-electron chi connectivity index (χ3n) is 2.33. The first kappa shape index (κ1) is 11.9. The van der Waals surface area contributed by atoms with Crippen molar-refractivity contribution in [3.63, 3.8) is 0 Å². The smallest absolute Gasteiger partial charge is 0.0473 e. The number of rotatable bonds is 5. The Balaban J connectivity index is 2.58. The van der Waals surface area contributed by atoms with Gasteiger partial charge in [-0.2, -0.15) is 0 Å². The molecule has 0 aromatic heterocycles. The van der Waals surface area contributed by atoms with Gasteiger partial charge in [-0.3, -0.25) is 0 Å². The third kappa shape index (κ3) is 3.80. The van der Waals surface area contributed by atoms with Crippen LogP contribution in [0, 0.1) is 5.92 Å². The summed E-state index contributed by atoms with van der Waals surface area (Å²) in [5.41, 5.74) is 2.28. The lowest BCUT2D eigenvalue weighted by Gasteiger charge is -2.15. The van der Waals surface area contributed by atoms with Gasteiger partial charge in [0.1, 0.15) is 0 Å². The molecule has 0 saturated heterocycles. The van der Waals surface area contributed by atoms with Crippen LogP contribution in [0.5, 0.6) is 0 Å². The highest BCUT2D eigenvalue weighted by Gasteiger charge is 2.00. The van der Waals surface area contributed by atoms with Gasteiger partial charge in [0.25, 0.3) is 0 Å². The Morgan fingerprint density at radius 1 is 1.40 bits per heavy atom. The molecule has 0 fully saturated rings. The standard InChI is InChI=1S/C12H20N2O/c1-10(9-15)8-13-11-5-4-6-12(7-11)14(2)3/h4-7,10,13,15H,8-9H2,1-3H3. The van der Waals surface area contributed by atoms with Gasteiger partial charge in [0.15, 0.2) is 0 Å². The van der Waals surface area contributed by atoms with E-state index in [9.17, 15) is 0 Å². The molecule has 0 amide bonds. The van der Waals surface area contributed by atoms with Gasteiger partial charge in [0, 0.05) is 38.6 Å². The van der Waals surface area contributed by atoms with Gasteiger partial charge in [-0.25, -0.2) is 0 Å². The van der Waals surface area contributed by atoms with Crippen LogP contribution in [-0.2, 0) is 0 Å². The molecule has 0 bridgehead atoms. The fraction of sp³-hybridized carbons (Fsp3) is 0.500. The van der Waals surface area contributed by atoms with E-state index in [4.69, 9.17) is 5.11 Å². The second kappa shape index (κ2) is 5.61. The summed E-state index contributed by atoms with van der Waals surface area (Å²) in [6.45, 7) is 3.04. The highest BCUT2D eigenvalue weighted by atomic mass is 16.3. The van der Waals surface area contributed by atoms with Gasteiger partial charge in [-0.15, -0.1) is 0 Å². The third-order valence-corrected chi connectivity index (χ3v) is 2.33. The van der Waals surface area contributed by atoms with Crippen molar-refractivity contribution in [2.24, 2.45) is 5.92 Å². The van der Waals surface area contributed by atoms with Gasteiger partial charge < -0.3 is 15.3 Å². The van der Waals surface area contributed by atoms with E-state index in [1.807, 2.05) is 33.2 Å². The Morgan fingerprint density at radius 3 is 2.73 bits per heavy atom. The van der Waals surface area contributed by atoms with E-state index in [1.165, 1.54) is 5.69 Å². The number of hydrogen-bond donors (Lipinski definition) is 2. The molecular weight excluding hydrogens is 188 g/mol. The largest absolute Gasteiger partial charge is 0.396 e. The lowest BCUT2D eigenvalue weighted by molar-refractivity contribution is 0.244. The molecule has 0 aliphatic carbocycles. The molecule has 0 spiro atoms. The minimum Gasteiger partial charge on any atom is -0.396 e. The normalized spacial score (nSPS) is 12.3. The predicted octanol–water partition coefficient (Wildman–Crippen LogP) is 1.79. The molecule has 1 aromatic carbocycles. The predicted molar refractivity (Wildman–Crippen MR) is 65.5 cm³/mol. The molecule has 0 saturated carbocycles. The molecular formula is C12H20N2O. The highest BCUT2D eigenvalue weighted by molar-refractivity contribution is 5.57. The molecule has 1 atom stereocenters. The van der Waals surface area contributed by atoms with Crippen LogP contribution in [0.3, 0.4) is 0 Å². The SMILES string of the molecule is CC(CO)CNc1cccc(N(C)C)c1. The molecule has 0 radical (unpaired) electrons. The Bertz CT molecular complexity index is 299. The van der Waals surface area contributed by atoms with Gasteiger partial charge in [0.2, 0.25) is 0 Å². The minimum atomic E-state index is 0.223. The molecule has 1 rings (SSSR count). The van der Waals surface area contributed by atoms with Crippen molar-refractivity contribution >= 4 is 11.4 Å². The number of nitrogens with zero attached hydrogens (tertiary/aromatic N) is 1. The van der Waals surface area contributed by atoms with E-state index in [2.05, 4.69) is 22.3 Å². The lowest BCUT2D eigenvalue weighted by atomic mass is 10.2. The molecule has 84 valence electrons. The number of nitrogens with one attached hydrogen (secondary N) is 1. The quantitative estimate of drug-likeness (QED) is 0.774. The molecule has 2 N–H and O–H groups in total. The zero-order valence-electron chi connectivity index (χ0n) is 9.70. The maximum absolute atomic E-state index is 8.91. The van der Waals surface area contributed by atoms with Crippen LogP contribution in [0.15, 0.2) is 24.3 Å². The second-order valence-corrected chi connectivity index (χ2v) is 4.11. The first-order valence-corrected chi connectivity index (χ1v) is 5.25. The topological polar surface area (TPSA) is 35.5 Å². The van der Waals surface area contributed by atoms with Gasteiger partial charge >= 0.3 is 0 Å². The van der Waals surface area contributed by atoms with Crippen LogP contribution in [-0.4, -0.2) is 32.4 Å². The summed E-state index contributed by atoms with van der Waals surface area (Å²) < 4.78 is 0. The number of aliphatic hydroxyl groups excluding tert-OH is 1. The highest BCUT2D eigenvalue weighted by Crippen LogP contribution is 2.17. The number of hydrogen-bond acceptors (Lipinski definition) is 3. The minimum absolute atomic E-state index is 0.223. The maximum atomic E-state index is 8.91. The van der Waals surface area contributed by atoms with E-state index < -0.39 is 0 Å². The summed E-state index contributed by atoms with van der Waals surface area (Å²) in [5, 5.41) is 12.2. The van der Waals surface area contributed by atoms with E-state index in [0.717, 1.165) is 12.2 Å². The molecule has 3 heteroatoms. The van der Waals surface area contributed by atoms with Crippen LogP contribution in [0.1, 0.15) is 6.92 Å². The van der Waals surface area contributed by atoms with Crippen molar-refractivity contribution in [1.29, 1.82) is 0 Å². The summed E-state index contributed by atoms with van der Waals surface area (Å²) in [6.07, 6.45) is 0. The first-order chi connectivity index (χ1) is 7.13. The summed E-state index contributed by atoms with van der Waals surface area (Å²) >= 11 is 0. The number of aliphatic hydroxyl groups is 1. The molecule has 15 heavy (non-hydrogen) atoms. The average molecular weight is 208 g/mol. The van der Waals surface area contributed by atoms with Gasteiger partial charge in [-0.05, 0) is 24.1 Å². The van der Waals surface area contributed by atoms with E-state index in [1.54, 1.807) is 0 Å². The second-order valence-electron chi connectivity index (χ2n) is 4.11. The fourth-order valence-corrected chi connectivity index (χ4v) is 1.25.